The lowest BCUT2D eigenvalue weighted by atomic mass is 10.00. The molecule has 0 spiro atoms. The first-order valence-electron chi connectivity index (χ1n) is 8.19. The van der Waals surface area contributed by atoms with Crippen molar-refractivity contribution in [2.24, 2.45) is 0 Å². The molecule has 0 bridgehead atoms. The summed E-state index contributed by atoms with van der Waals surface area (Å²) in [6, 6.07) is 9.73. The minimum Gasteiger partial charge on any atom is -0.481 e. The number of rotatable bonds is 5. The van der Waals surface area contributed by atoms with Crippen molar-refractivity contribution in [3.63, 3.8) is 0 Å². The molecule has 0 aliphatic carbocycles. The number of methoxy groups -OCH3 is 1. The SMILES string of the molecule is COc1ncccc1C1CCN(C(=O)NCCc2ccccn2)C1. The van der Waals surface area contributed by atoms with Crippen LogP contribution in [0.2, 0.25) is 0 Å². The van der Waals surface area contributed by atoms with Crippen LogP contribution in [0.15, 0.2) is 42.7 Å². The smallest absolute Gasteiger partial charge is 0.317 e. The summed E-state index contributed by atoms with van der Waals surface area (Å²) in [5, 5.41) is 2.97. The van der Waals surface area contributed by atoms with Crippen LogP contribution in [0, 0.1) is 0 Å². The predicted molar refractivity (Wildman–Crippen MR) is 91.1 cm³/mol. The fraction of sp³-hybridized carbons (Fsp3) is 0.389. The average Bonchev–Trinajstić information content (AvgIpc) is 3.12. The van der Waals surface area contributed by atoms with Crippen molar-refractivity contribution in [3.05, 3.63) is 54.0 Å². The van der Waals surface area contributed by atoms with Gasteiger partial charge in [-0.15, -0.1) is 0 Å². The van der Waals surface area contributed by atoms with Gasteiger partial charge in [0.25, 0.3) is 0 Å². The second-order valence-electron chi connectivity index (χ2n) is 5.84. The highest BCUT2D eigenvalue weighted by Gasteiger charge is 2.29. The predicted octanol–water partition coefficient (Wildman–Crippen LogP) is 2.23. The molecule has 1 aliphatic rings. The van der Waals surface area contributed by atoms with Crippen molar-refractivity contribution in [2.45, 2.75) is 18.8 Å². The number of carbonyl (C=O) groups excluding carboxylic acids is 1. The van der Waals surface area contributed by atoms with Gasteiger partial charge < -0.3 is 15.0 Å². The van der Waals surface area contributed by atoms with E-state index in [-0.39, 0.29) is 11.9 Å². The Morgan fingerprint density at radius 1 is 1.29 bits per heavy atom. The summed E-state index contributed by atoms with van der Waals surface area (Å²) in [5.41, 5.74) is 2.06. The third-order valence-corrected chi connectivity index (χ3v) is 4.29. The summed E-state index contributed by atoms with van der Waals surface area (Å²) in [5.74, 6) is 0.926. The zero-order valence-corrected chi connectivity index (χ0v) is 13.8. The van der Waals surface area contributed by atoms with Crippen LogP contribution < -0.4 is 10.1 Å². The van der Waals surface area contributed by atoms with E-state index in [2.05, 4.69) is 15.3 Å². The van der Waals surface area contributed by atoms with E-state index in [1.54, 1.807) is 19.5 Å². The fourth-order valence-corrected chi connectivity index (χ4v) is 3.04. The number of pyridine rings is 2. The maximum atomic E-state index is 12.3. The highest BCUT2D eigenvalue weighted by Crippen LogP contribution is 2.31. The van der Waals surface area contributed by atoms with Gasteiger partial charge in [0.05, 0.1) is 7.11 Å². The third-order valence-electron chi connectivity index (χ3n) is 4.29. The van der Waals surface area contributed by atoms with Gasteiger partial charge in [-0.05, 0) is 24.6 Å². The van der Waals surface area contributed by atoms with Gasteiger partial charge >= 0.3 is 6.03 Å². The Labute approximate surface area is 141 Å². The number of amides is 2. The van der Waals surface area contributed by atoms with Crippen molar-refractivity contribution in [2.75, 3.05) is 26.7 Å². The maximum absolute atomic E-state index is 12.3. The largest absolute Gasteiger partial charge is 0.481 e. The van der Waals surface area contributed by atoms with Gasteiger partial charge in [0.15, 0.2) is 0 Å². The molecule has 1 N–H and O–H groups in total. The molecule has 3 rings (SSSR count). The molecule has 1 saturated heterocycles. The molecule has 1 fully saturated rings. The number of hydrogen-bond acceptors (Lipinski definition) is 4. The zero-order valence-electron chi connectivity index (χ0n) is 13.8. The van der Waals surface area contributed by atoms with E-state index in [1.807, 2.05) is 35.2 Å². The average molecular weight is 326 g/mol. The summed E-state index contributed by atoms with van der Waals surface area (Å²) >= 11 is 0. The molecule has 1 unspecified atom stereocenters. The normalized spacial score (nSPS) is 16.9. The molecule has 24 heavy (non-hydrogen) atoms. The van der Waals surface area contributed by atoms with Crippen LogP contribution in [0.3, 0.4) is 0 Å². The maximum Gasteiger partial charge on any atom is 0.317 e. The van der Waals surface area contributed by atoms with E-state index in [0.717, 1.165) is 30.6 Å². The van der Waals surface area contributed by atoms with E-state index in [9.17, 15) is 4.79 Å². The van der Waals surface area contributed by atoms with Gasteiger partial charge in [-0.2, -0.15) is 0 Å². The van der Waals surface area contributed by atoms with Crippen molar-refractivity contribution in [1.82, 2.24) is 20.2 Å². The molecule has 6 heteroatoms. The number of carbonyl (C=O) groups is 1. The lowest BCUT2D eigenvalue weighted by Crippen LogP contribution is -2.39. The summed E-state index contributed by atoms with van der Waals surface area (Å²) in [6.45, 7) is 2.03. The molecule has 2 aromatic heterocycles. The van der Waals surface area contributed by atoms with Gasteiger partial charge in [-0.25, -0.2) is 9.78 Å². The molecule has 6 nitrogen and oxygen atoms in total. The highest BCUT2D eigenvalue weighted by atomic mass is 16.5. The molecule has 1 atom stereocenters. The number of likely N-dealkylation sites (tertiary alicyclic amines) is 1. The molecule has 1 aliphatic heterocycles. The van der Waals surface area contributed by atoms with Gasteiger partial charge in [0, 0.05) is 55.6 Å². The Morgan fingerprint density at radius 2 is 2.17 bits per heavy atom. The standard InChI is InChI=1S/C18H22N4O2/c1-24-17-16(6-4-10-20-17)14-8-12-22(13-14)18(23)21-11-7-15-5-2-3-9-19-15/h2-6,9-10,14H,7-8,11-13H2,1H3,(H,21,23). The van der Waals surface area contributed by atoms with Crippen molar-refractivity contribution < 1.29 is 9.53 Å². The summed E-state index contributed by atoms with van der Waals surface area (Å²) in [4.78, 5) is 22.7. The van der Waals surface area contributed by atoms with E-state index in [1.165, 1.54) is 0 Å². The monoisotopic (exact) mass is 326 g/mol. The molecule has 0 radical (unpaired) electrons. The summed E-state index contributed by atoms with van der Waals surface area (Å²) in [6.07, 6.45) is 5.15. The van der Waals surface area contributed by atoms with Crippen molar-refractivity contribution in [1.29, 1.82) is 0 Å². The number of nitrogens with one attached hydrogen (secondary N) is 1. The van der Waals surface area contributed by atoms with Crippen LogP contribution in [0.1, 0.15) is 23.6 Å². The summed E-state index contributed by atoms with van der Waals surface area (Å²) in [7, 11) is 1.63. The highest BCUT2D eigenvalue weighted by molar-refractivity contribution is 5.74. The lowest BCUT2D eigenvalue weighted by Gasteiger charge is -2.18. The number of nitrogens with zero attached hydrogens (tertiary/aromatic N) is 3. The van der Waals surface area contributed by atoms with Crippen LogP contribution in [-0.2, 0) is 6.42 Å². The van der Waals surface area contributed by atoms with Crippen LogP contribution in [0.5, 0.6) is 5.88 Å². The second kappa shape index (κ2) is 7.77. The Bertz CT molecular complexity index is 678. The fourth-order valence-electron chi connectivity index (χ4n) is 3.04. The number of hydrogen-bond donors (Lipinski definition) is 1. The van der Waals surface area contributed by atoms with Crippen LogP contribution in [0.4, 0.5) is 4.79 Å². The lowest BCUT2D eigenvalue weighted by molar-refractivity contribution is 0.208. The first-order valence-corrected chi connectivity index (χ1v) is 8.19. The second-order valence-corrected chi connectivity index (χ2v) is 5.84. The van der Waals surface area contributed by atoms with Crippen LogP contribution in [0.25, 0.3) is 0 Å². The van der Waals surface area contributed by atoms with E-state index in [0.29, 0.717) is 19.0 Å². The Kier molecular flexibility index (Phi) is 5.25. The van der Waals surface area contributed by atoms with Crippen LogP contribution >= 0.6 is 0 Å². The molecule has 2 aromatic rings. The number of urea groups is 1. The summed E-state index contributed by atoms with van der Waals surface area (Å²) < 4.78 is 5.33. The minimum atomic E-state index is -0.0173. The minimum absolute atomic E-state index is 0.0173. The third kappa shape index (κ3) is 3.82. The Hall–Kier alpha value is -2.63. The first kappa shape index (κ1) is 16.2. The van der Waals surface area contributed by atoms with E-state index >= 15 is 0 Å². The van der Waals surface area contributed by atoms with Gasteiger partial charge in [-0.3, -0.25) is 4.98 Å². The van der Waals surface area contributed by atoms with Crippen molar-refractivity contribution in [3.8, 4) is 5.88 Å². The number of aromatic nitrogens is 2. The van der Waals surface area contributed by atoms with Gasteiger partial charge in [0.1, 0.15) is 0 Å². The van der Waals surface area contributed by atoms with Gasteiger partial charge in [-0.1, -0.05) is 12.1 Å². The molecular formula is C18H22N4O2. The van der Waals surface area contributed by atoms with E-state index < -0.39 is 0 Å². The molecular weight excluding hydrogens is 304 g/mol. The first-order chi connectivity index (χ1) is 11.8. The topological polar surface area (TPSA) is 67.3 Å². The molecule has 3 heterocycles. The van der Waals surface area contributed by atoms with Gasteiger partial charge in [0.2, 0.25) is 5.88 Å². The quantitative estimate of drug-likeness (QED) is 0.915. The van der Waals surface area contributed by atoms with Crippen LogP contribution in [-0.4, -0.2) is 47.6 Å². The Balaban J connectivity index is 1.51. The van der Waals surface area contributed by atoms with Crippen molar-refractivity contribution >= 4 is 6.03 Å². The molecule has 2 amide bonds. The molecule has 0 aromatic carbocycles. The molecule has 126 valence electrons. The molecule has 0 saturated carbocycles. The Morgan fingerprint density at radius 3 is 2.96 bits per heavy atom. The zero-order chi connectivity index (χ0) is 16.8. The van der Waals surface area contributed by atoms with E-state index in [4.69, 9.17) is 4.74 Å². The number of ether oxygens (including phenoxy) is 1.